The predicted octanol–water partition coefficient (Wildman–Crippen LogP) is 4.76. The van der Waals surface area contributed by atoms with Crippen molar-refractivity contribution in [2.24, 2.45) is 0 Å². The molecule has 0 atom stereocenters. The molecule has 24 heavy (non-hydrogen) atoms. The first-order chi connectivity index (χ1) is 11.6. The van der Waals surface area contributed by atoms with Gasteiger partial charge >= 0.3 is 11.9 Å². The maximum Gasteiger partial charge on any atom is 0.338 e. The molecule has 0 aliphatic heterocycles. The van der Waals surface area contributed by atoms with Crippen molar-refractivity contribution in [3.8, 4) is 0 Å². The standard InChI is InChI=1S/C19H19BrO4/c1-2-3-11-23-19(22)17-10-5-4-7-15(17)13-24-18(21)14-8-6-9-16(20)12-14/h4-10,12H,2-3,11,13H2,1H3. The molecular formula is C19H19BrO4. The number of rotatable bonds is 7. The van der Waals surface area contributed by atoms with Crippen molar-refractivity contribution in [1.29, 1.82) is 0 Å². The van der Waals surface area contributed by atoms with E-state index in [2.05, 4.69) is 15.9 Å². The Morgan fingerprint density at radius 3 is 2.54 bits per heavy atom. The van der Waals surface area contributed by atoms with Crippen molar-refractivity contribution in [3.63, 3.8) is 0 Å². The van der Waals surface area contributed by atoms with Crippen LogP contribution in [-0.2, 0) is 16.1 Å². The molecular weight excluding hydrogens is 372 g/mol. The van der Waals surface area contributed by atoms with Crippen molar-refractivity contribution in [2.45, 2.75) is 26.4 Å². The van der Waals surface area contributed by atoms with E-state index >= 15 is 0 Å². The van der Waals surface area contributed by atoms with Gasteiger partial charge in [0, 0.05) is 10.0 Å². The predicted molar refractivity (Wildman–Crippen MR) is 94.9 cm³/mol. The minimum Gasteiger partial charge on any atom is -0.462 e. The van der Waals surface area contributed by atoms with Crippen LogP contribution in [0, 0.1) is 0 Å². The summed E-state index contributed by atoms with van der Waals surface area (Å²) in [5, 5.41) is 0. The van der Waals surface area contributed by atoms with Gasteiger partial charge in [0.2, 0.25) is 0 Å². The zero-order chi connectivity index (χ0) is 17.4. The Morgan fingerprint density at radius 1 is 1.00 bits per heavy atom. The first-order valence-corrected chi connectivity index (χ1v) is 8.59. The van der Waals surface area contributed by atoms with E-state index < -0.39 is 11.9 Å². The van der Waals surface area contributed by atoms with Crippen LogP contribution in [0.25, 0.3) is 0 Å². The molecule has 0 aliphatic carbocycles. The van der Waals surface area contributed by atoms with Gasteiger partial charge in [0.15, 0.2) is 0 Å². The summed E-state index contributed by atoms with van der Waals surface area (Å²) in [6, 6.07) is 14.0. The molecule has 4 nitrogen and oxygen atoms in total. The number of carbonyl (C=O) groups excluding carboxylic acids is 2. The Morgan fingerprint density at radius 2 is 1.79 bits per heavy atom. The normalized spacial score (nSPS) is 10.2. The van der Waals surface area contributed by atoms with E-state index in [4.69, 9.17) is 9.47 Å². The summed E-state index contributed by atoms with van der Waals surface area (Å²) in [6.45, 7) is 2.44. The lowest BCUT2D eigenvalue weighted by Gasteiger charge is -2.10. The van der Waals surface area contributed by atoms with Crippen LogP contribution in [0.4, 0.5) is 0 Å². The van der Waals surface area contributed by atoms with Crippen LogP contribution in [-0.4, -0.2) is 18.5 Å². The minimum absolute atomic E-state index is 0.0183. The largest absolute Gasteiger partial charge is 0.462 e. The fourth-order valence-electron chi connectivity index (χ4n) is 2.07. The lowest BCUT2D eigenvalue weighted by molar-refractivity contribution is 0.0442. The maximum atomic E-state index is 12.1. The van der Waals surface area contributed by atoms with Crippen molar-refractivity contribution in [2.75, 3.05) is 6.61 Å². The third-order valence-electron chi connectivity index (χ3n) is 3.39. The van der Waals surface area contributed by atoms with Gasteiger partial charge in [-0.2, -0.15) is 0 Å². The van der Waals surface area contributed by atoms with Crippen molar-refractivity contribution in [3.05, 3.63) is 69.7 Å². The molecule has 0 saturated carbocycles. The maximum absolute atomic E-state index is 12.1. The molecule has 2 aromatic rings. The second-order valence-electron chi connectivity index (χ2n) is 5.23. The quantitative estimate of drug-likeness (QED) is 0.504. The molecule has 0 heterocycles. The van der Waals surface area contributed by atoms with Crippen molar-refractivity contribution >= 4 is 27.9 Å². The molecule has 126 valence electrons. The second kappa shape index (κ2) is 9.23. The number of ether oxygens (including phenoxy) is 2. The Labute approximate surface area is 149 Å². The van der Waals surface area contributed by atoms with Crippen LogP contribution >= 0.6 is 15.9 Å². The smallest absolute Gasteiger partial charge is 0.338 e. The second-order valence-corrected chi connectivity index (χ2v) is 6.15. The number of hydrogen-bond acceptors (Lipinski definition) is 4. The average molecular weight is 391 g/mol. The number of esters is 2. The van der Waals surface area contributed by atoms with Crippen LogP contribution in [0.15, 0.2) is 53.0 Å². The summed E-state index contributed by atoms with van der Waals surface area (Å²) in [7, 11) is 0. The molecule has 0 saturated heterocycles. The molecule has 0 radical (unpaired) electrons. The van der Waals surface area contributed by atoms with Crippen molar-refractivity contribution in [1.82, 2.24) is 0 Å². The molecule has 0 bridgehead atoms. The van der Waals surface area contributed by atoms with Crippen LogP contribution in [0.3, 0.4) is 0 Å². The SMILES string of the molecule is CCCCOC(=O)c1ccccc1COC(=O)c1cccc(Br)c1. The third kappa shape index (κ3) is 5.20. The Bertz CT molecular complexity index is 712. The minimum atomic E-state index is -0.439. The van der Waals surface area contributed by atoms with Gasteiger partial charge in [-0.1, -0.05) is 53.5 Å². The Kier molecular flexibility index (Phi) is 7.00. The van der Waals surface area contributed by atoms with Gasteiger partial charge in [0.05, 0.1) is 17.7 Å². The fraction of sp³-hybridized carbons (Fsp3) is 0.263. The first kappa shape index (κ1) is 18.2. The molecule has 0 unspecified atom stereocenters. The molecule has 0 amide bonds. The Hall–Kier alpha value is -2.14. The van der Waals surface area contributed by atoms with Crippen LogP contribution in [0.1, 0.15) is 46.0 Å². The average Bonchev–Trinajstić information content (AvgIpc) is 2.60. The molecule has 0 N–H and O–H groups in total. The number of unbranched alkanes of at least 4 members (excludes halogenated alkanes) is 1. The molecule has 2 aromatic carbocycles. The highest BCUT2D eigenvalue weighted by molar-refractivity contribution is 9.10. The highest BCUT2D eigenvalue weighted by Crippen LogP contribution is 2.15. The lowest BCUT2D eigenvalue weighted by Crippen LogP contribution is -2.12. The molecule has 0 fully saturated rings. The van der Waals surface area contributed by atoms with Gasteiger partial charge in [-0.15, -0.1) is 0 Å². The van der Waals surface area contributed by atoms with E-state index in [1.165, 1.54) is 0 Å². The topological polar surface area (TPSA) is 52.6 Å². The molecule has 5 heteroatoms. The van der Waals surface area contributed by atoms with Crippen LogP contribution < -0.4 is 0 Å². The van der Waals surface area contributed by atoms with E-state index in [-0.39, 0.29) is 6.61 Å². The van der Waals surface area contributed by atoms with Gasteiger partial charge in [0.1, 0.15) is 6.61 Å². The zero-order valence-electron chi connectivity index (χ0n) is 13.5. The van der Waals surface area contributed by atoms with Crippen molar-refractivity contribution < 1.29 is 19.1 Å². The van der Waals surface area contributed by atoms with E-state index in [0.29, 0.717) is 23.3 Å². The summed E-state index contributed by atoms with van der Waals surface area (Å²) >= 11 is 3.32. The van der Waals surface area contributed by atoms with E-state index in [9.17, 15) is 9.59 Å². The summed E-state index contributed by atoms with van der Waals surface area (Å²) in [6.07, 6.45) is 1.78. The number of carbonyl (C=O) groups is 2. The van der Waals surface area contributed by atoms with Gasteiger partial charge < -0.3 is 9.47 Å². The van der Waals surface area contributed by atoms with Gasteiger partial charge in [0.25, 0.3) is 0 Å². The van der Waals surface area contributed by atoms with E-state index in [1.54, 1.807) is 42.5 Å². The van der Waals surface area contributed by atoms with Crippen LogP contribution in [0.2, 0.25) is 0 Å². The van der Waals surface area contributed by atoms with E-state index in [0.717, 1.165) is 17.3 Å². The lowest BCUT2D eigenvalue weighted by atomic mass is 10.1. The summed E-state index contributed by atoms with van der Waals surface area (Å²) in [5.41, 5.74) is 1.50. The molecule has 0 aromatic heterocycles. The summed E-state index contributed by atoms with van der Waals surface area (Å²) in [5.74, 6) is -0.831. The fourth-order valence-corrected chi connectivity index (χ4v) is 2.47. The van der Waals surface area contributed by atoms with E-state index in [1.807, 2.05) is 13.0 Å². The first-order valence-electron chi connectivity index (χ1n) is 7.79. The highest BCUT2D eigenvalue weighted by atomic mass is 79.9. The summed E-state index contributed by atoms with van der Waals surface area (Å²) in [4.78, 5) is 24.2. The number of hydrogen-bond donors (Lipinski definition) is 0. The molecule has 0 aliphatic rings. The van der Waals surface area contributed by atoms with Gasteiger partial charge in [-0.3, -0.25) is 0 Å². The molecule has 2 rings (SSSR count). The zero-order valence-corrected chi connectivity index (χ0v) is 15.0. The monoisotopic (exact) mass is 390 g/mol. The number of halogens is 1. The van der Waals surface area contributed by atoms with Crippen LogP contribution in [0.5, 0.6) is 0 Å². The van der Waals surface area contributed by atoms with Gasteiger partial charge in [-0.25, -0.2) is 9.59 Å². The Balaban J connectivity index is 2.02. The molecule has 0 spiro atoms. The highest BCUT2D eigenvalue weighted by Gasteiger charge is 2.14. The number of benzene rings is 2. The van der Waals surface area contributed by atoms with Gasteiger partial charge in [-0.05, 0) is 30.7 Å². The third-order valence-corrected chi connectivity index (χ3v) is 3.88. The summed E-state index contributed by atoms with van der Waals surface area (Å²) < 4.78 is 11.4.